The van der Waals surface area contributed by atoms with Crippen LogP contribution >= 0.6 is 0 Å². The minimum atomic E-state index is -0.858. The van der Waals surface area contributed by atoms with Crippen LogP contribution in [0, 0.1) is 0 Å². The van der Waals surface area contributed by atoms with Crippen LogP contribution in [-0.4, -0.2) is 11.1 Å². The molecule has 0 aliphatic rings. The van der Waals surface area contributed by atoms with Gasteiger partial charge in [0.1, 0.15) is 0 Å². The van der Waals surface area contributed by atoms with Crippen LogP contribution in [0.2, 0.25) is 0 Å². The van der Waals surface area contributed by atoms with Gasteiger partial charge in [-0.15, -0.1) is 0 Å². The standard InChI is InChI=1S/C13H14O2/c1-11(13(14)15)7-5-6-10-12-8-3-2-4-9-12/h2-4,6-10H,5H2,1H3,(H,14,15). The zero-order valence-electron chi connectivity index (χ0n) is 8.68. The van der Waals surface area contributed by atoms with Crippen molar-refractivity contribution in [3.8, 4) is 0 Å². The van der Waals surface area contributed by atoms with Gasteiger partial charge in [-0.25, -0.2) is 4.79 Å². The topological polar surface area (TPSA) is 37.3 Å². The molecule has 0 heterocycles. The van der Waals surface area contributed by atoms with E-state index in [0.29, 0.717) is 12.0 Å². The maximum absolute atomic E-state index is 10.5. The first-order valence-corrected chi connectivity index (χ1v) is 4.82. The summed E-state index contributed by atoms with van der Waals surface area (Å²) in [5, 5.41) is 8.61. The van der Waals surface area contributed by atoms with Crippen molar-refractivity contribution in [3.05, 3.63) is 53.6 Å². The fraction of sp³-hybridized carbons (Fsp3) is 0.154. The first-order chi connectivity index (χ1) is 7.20. The van der Waals surface area contributed by atoms with Crippen molar-refractivity contribution < 1.29 is 9.90 Å². The van der Waals surface area contributed by atoms with Crippen molar-refractivity contribution in [2.75, 3.05) is 0 Å². The predicted molar refractivity (Wildman–Crippen MR) is 61.5 cm³/mol. The second-order valence-corrected chi connectivity index (χ2v) is 3.24. The summed E-state index contributed by atoms with van der Waals surface area (Å²) in [6, 6.07) is 9.91. The van der Waals surface area contributed by atoms with Crippen LogP contribution < -0.4 is 0 Å². The monoisotopic (exact) mass is 202 g/mol. The molecule has 0 radical (unpaired) electrons. The summed E-state index contributed by atoms with van der Waals surface area (Å²) >= 11 is 0. The third-order valence-corrected chi connectivity index (χ3v) is 2.01. The number of allylic oxidation sites excluding steroid dienone is 2. The maximum atomic E-state index is 10.5. The number of aliphatic carboxylic acids is 1. The van der Waals surface area contributed by atoms with Crippen LogP contribution in [0.1, 0.15) is 18.9 Å². The van der Waals surface area contributed by atoms with Gasteiger partial charge in [0.05, 0.1) is 0 Å². The molecule has 0 spiro atoms. The van der Waals surface area contributed by atoms with Crippen LogP contribution in [0.4, 0.5) is 0 Å². The lowest BCUT2D eigenvalue weighted by Gasteiger charge is -1.91. The summed E-state index contributed by atoms with van der Waals surface area (Å²) in [6.07, 6.45) is 6.27. The van der Waals surface area contributed by atoms with Gasteiger partial charge in [0, 0.05) is 5.57 Å². The Morgan fingerprint density at radius 2 is 2.00 bits per heavy atom. The van der Waals surface area contributed by atoms with Crippen LogP contribution in [0.15, 0.2) is 48.1 Å². The van der Waals surface area contributed by atoms with Gasteiger partial charge in [-0.2, -0.15) is 0 Å². The first kappa shape index (κ1) is 11.2. The van der Waals surface area contributed by atoms with E-state index in [1.807, 2.05) is 42.5 Å². The molecular formula is C13H14O2. The Bertz CT molecular complexity index is 375. The molecule has 0 aromatic heterocycles. The molecule has 2 nitrogen and oxygen atoms in total. The summed E-state index contributed by atoms with van der Waals surface area (Å²) in [5.41, 5.74) is 1.51. The molecule has 0 saturated heterocycles. The van der Waals surface area contributed by atoms with E-state index in [4.69, 9.17) is 5.11 Å². The molecule has 1 N–H and O–H groups in total. The van der Waals surface area contributed by atoms with Crippen LogP contribution in [0.3, 0.4) is 0 Å². The van der Waals surface area contributed by atoms with Gasteiger partial charge in [-0.3, -0.25) is 0 Å². The van der Waals surface area contributed by atoms with Crippen LogP contribution in [0.5, 0.6) is 0 Å². The highest BCUT2D eigenvalue weighted by Gasteiger charge is 1.96. The molecule has 0 fully saturated rings. The summed E-state index contributed by atoms with van der Waals surface area (Å²) in [4.78, 5) is 10.5. The van der Waals surface area contributed by atoms with E-state index in [1.165, 1.54) is 0 Å². The second kappa shape index (κ2) is 5.81. The zero-order valence-corrected chi connectivity index (χ0v) is 8.68. The van der Waals surface area contributed by atoms with Crippen LogP contribution in [-0.2, 0) is 4.79 Å². The molecule has 0 saturated carbocycles. The Morgan fingerprint density at radius 1 is 1.33 bits per heavy atom. The molecule has 1 aromatic rings. The summed E-state index contributed by atoms with van der Waals surface area (Å²) in [7, 11) is 0. The van der Waals surface area contributed by atoms with Gasteiger partial charge in [-0.05, 0) is 18.9 Å². The van der Waals surface area contributed by atoms with E-state index in [1.54, 1.807) is 13.0 Å². The van der Waals surface area contributed by atoms with Crippen molar-refractivity contribution >= 4 is 12.0 Å². The van der Waals surface area contributed by atoms with Crippen molar-refractivity contribution in [1.29, 1.82) is 0 Å². The number of carboxylic acids is 1. The molecule has 15 heavy (non-hydrogen) atoms. The normalized spacial score (nSPS) is 11.9. The van der Waals surface area contributed by atoms with E-state index < -0.39 is 5.97 Å². The minimum absolute atomic E-state index is 0.382. The van der Waals surface area contributed by atoms with Crippen molar-refractivity contribution in [3.63, 3.8) is 0 Å². The largest absolute Gasteiger partial charge is 0.478 e. The number of carboxylic acid groups (broad SMARTS) is 1. The van der Waals surface area contributed by atoms with E-state index in [2.05, 4.69) is 0 Å². The fourth-order valence-electron chi connectivity index (χ4n) is 1.10. The smallest absolute Gasteiger partial charge is 0.330 e. The average molecular weight is 202 g/mol. The highest BCUT2D eigenvalue weighted by Crippen LogP contribution is 2.03. The van der Waals surface area contributed by atoms with Gasteiger partial charge in [0.2, 0.25) is 0 Å². The lowest BCUT2D eigenvalue weighted by Crippen LogP contribution is -1.94. The fourth-order valence-corrected chi connectivity index (χ4v) is 1.10. The lowest BCUT2D eigenvalue weighted by atomic mass is 10.2. The van der Waals surface area contributed by atoms with Crippen LogP contribution in [0.25, 0.3) is 6.08 Å². The Labute approximate surface area is 89.6 Å². The Hall–Kier alpha value is -1.83. The van der Waals surface area contributed by atoms with Gasteiger partial charge >= 0.3 is 5.97 Å². The van der Waals surface area contributed by atoms with E-state index in [0.717, 1.165) is 5.56 Å². The van der Waals surface area contributed by atoms with Gasteiger partial charge in [0.25, 0.3) is 0 Å². The van der Waals surface area contributed by atoms with E-state index >= 15 is 0 Å². The van der Waals surface area contributed by atoms with Gasteiger partial charge < -0.3 is 5.11 Å². The van der Waals surface area contributed by atoms with Crippen molar-refractivity contribution in [2.24, 2.45) is 0 Å². The Balaban J connectivity index is 2.48. The quantitative estimate of drug-likeness (QED) is 0.761. The summed E-state index contributed by atoms with van der Waals surface area (Å²) in [5.74, 6) is -0.858. The Kier molecular flexibility index (Phi) is 4.35. The number of rotatable bonds is 4. The number of carbonyl (C=O) groups is 1. The highest BCUT2D eigenvalue weighted by atomic mass is 16.4. The summed E-state index contributed by atoms with van der Waals surface area (Å²) in [6.45, 7) is 1.60. The number of benzene rings is 1. The SMILES string of the molecule is CC(=CCC=Cc1ccccc1)C(=O)O. The molecule has 0 aliphatic carbocycles. The lowest BCUT2D eigenvalue weighted by molar-refractivity contribution is -0.132. The molecule has 0 atom stereocenters. The third kappa shape index (κ3) is 4.27. The van der Waals surface area contributed by atoms with Gasteiger partial charge in [0.15, 0.2) is 0 Å². The van der Waals surface area contributed by atoms with Crippen molar-refractivity contribution in [2.45, 2.75) is 13.3 Å². The highest BCUT2D eigenvalue weighted by molar-refractivity contribution is 5.85. The maximum Gasteiger partial charge on any atom is 0.330 e. The summed E-state index contributed by atoms with van der Waals surface area (Å²) < 4.78 is 0. The molecule has 1 aromatic carbocycles. The molecule has 78 valence electrons. The predicted octanol–water partition coefficient (Wildman–Crippen LogP) is 3.12. The average Bonchev–Trinajstić information content (AvgIpc) is 2.25. The molecule has 0 aliphatic heterocycles. The molecule has 0 bridgehead atoms. The molecule has 0 amide bonds. The van der Waals surface area contributed by atoms with Gasteiger partial charge in [-0.1, -0.05) is 48.6 Å². The number of hydrogen-bond acceptors (Lipinski definition) is 1. The second-order valence-electron chi connectivity index (χ2n) is 3.24. The molecule has 2 heteroatoms. The van der Waals surface area contributed by atoms with E-state index in [9.17, 15) is 4.79 Å². The molecular weight excluding hydrogens is 188 g/mol. The molecule has 1 rings (SSSR count). The molecule has 0 unspecified atom stereocenters. The third-order valence-electron chi connectivity index (χ3n) is 2.01. The Morgan fingerprint density at radius 3 is 2.60 bits per heavy atom. The van der Waals surface area contributed by atoms with E-state index in [-0.39, 0.29) is 0 Å². The van der Waals surface area contributed by atoms with Crippen molar-refractivity contribution in [1.82, 2.24) is 0 Å². The zero-order chi connectivity index (χ0) is 11.1. The first-order valence-electron chi connectivity index (χ1n) is 4.82. The minimum Gasteiger partial charge on any atom is -0.478 e. The number of hydrogen-bond donors (Lipinski definition) is 1.